The molecule has 0 fully saturated rings. The molecule has 4 aromatic carbocycles. The van der Waals surface area contributed by atoms with E-state index in [0.29, 0.717) is 12.2 Å². The molecule has 0 saturated heterocycles. The number of ether oxygens (including phenoxy) is 1. The smallest absolute Gasteiger partial charge is 0.255 e. The minimum absolute atomic E-state index is 0.137. The predicted molar refractivity (Wildman–Crippen MR) is 117 cm³/mol. The first-order chi connectivity index (χ1) is 14.3. The summed E-state index contributed by atoms with van der Waals surface area (Å²) in [5, 5.41) is 2.92. The lowest BCUT2D eigenvalue weighted by atomic mass is 10.0. The number of carbonyl (C=O) groups excluding carboxylic acids is 1. The second-order valence-electron chi connectivity index (χ2n) is 6.70. The Morgan fingerprint density at radius 3 is 1.90 bits per heavy atom. The van der Waals surface area contributed by atoms with Crippen molar-refractivity contribution in [3.63, 3.8) is 0 Å². The van der Waals surface area contributed by atoms with E-state index in [1.54, 1.807) is 0 Å². The van der Waals surface area contributed by atoms with Crippen LogP contribution >= 0.6 is 0 Å². The quantitative estimate of drug-likeness (QED) is 0.434. The normalized spacial score (nSPS) is 10.3. The van der Waals surface area contributed by atoms with Crippen molar-refractivity contribution >= 4 is 11.6 Å². The molecule has 0 aromatic heterocycles. The van der Waals surface area contributed by atoms with Gasteiger partial charge < -0.3 is 10.1 Å². The Bertz CT molecular complexity index is 1060. The monoisotopic (exact) mass is 379 g/mol. The Morgan fingerprint density at radius 2 is 1.24 bits per heavy atom. The van der Waals surface area contributed by atoms with Crippen LogP contribution in [0, 0.1) is 0 Å². The van der Waals surface area contributed by atoms with Crippen molar-refractivity contribution in [2.45, 2.75) is 6.61 Å². The maximum absolute atomic E-state index is 12.5. The van der Waals surface area contributed by atoms with Crippen LogP contribution in [0.15, 0.2) is 109 Å². The maximum atomic E-state index is 12.5. The molecule has 0 aliphatic carbocycles. The third kappa shape index (κ3) is 4.90. The van der Waals surface area contributed by atoms with Gasteiger partial charge in [-0.3, -0.25) is 4.79 Å². The summed E-state index contributed by atoms with van der Waals surface area (Å²) in [5.74, 6) is 0.627. The molecule has 0 heterocycles. The number of carbonyl (C=O) groups is 1. The van der Waals surface area contributed by atoms with Gasteiger partial charge in [0, 0.05) is 11.3 Å². The van der Waals surface area contributed by atoms with Gasteiger partial charge >= 0.3 is 0 Å². The fourth-order valence-electron chi connectivity index (χ4n) is 3.02. The zero-order valence-corrected chi connectivity index (χ0v) is 15.9. The number of benzene rings is 4. The molecule has 29 heavy (non-hydrogen) atoms. The molecule has 0 unspecified atom stereocenters. The van der Waals surface area contributed by atoms with E-state index in [9.17, 15) is 4.79 Å². The fourth-order valence-corrected chi connectivity index (χ4v) is 3.02. The summed E-state index contributed by atoms with van der Waals surface area (Å²) in [7, 11) is 0. The van der Waals surface area contributed by atoms with Gasteiger partial charge in [-0.25, -0.2) is 0 Å². The molecular formula is C26H21NO2. The number of anilines is 1. The lowest BCUT2D eigenvalue weighted by Crippen LogP contribution is -2.11. The van der Waals surface area contributed by atoms with Crippen LogP contribution in [0.4, 0.5) is 5.69 Å². The Labute approximate surface area is 170 Å². The zero-order valence-electron chi connectivity index (χ0n) is 15.9. The average Bonchev–Trinajstić information content (AvgIpc) is 2.80. The Balaban J connectivity index is 1.35. The van der Waals surface area contributed by atoms with E-state index in [4.69, 9.17) is 4.74 Å². The van der Waals surface area contributed by atoms with Crippen molar-refractivity contribution in [3.05, 3.63) is 120 Å². The summed E-state index contributed by atoms with van der Waals surface area (Å²) in [4.78, 5) is 12.5. The van der Waals surface area contributed by atoms with Crippen molar-refractivity contribution in [2.24, 2.45) is 0 Å². The van der Waals surface area contributed by atoms with Gasteiger partial charge in [-0.2, -0.15) is 0 Å². The number of nitrogens with one attached hydrogen (secondary N) is 1. The number of hydrogen-bond donors (Lipinski definition) is 1. The lowest BCUT2D eigenvalue weighted by Gasteiger charge is -2.09. The highest BCUT2D eigenvalue weighted by atomic mass is 16.5. The first-order valence-electron chi connectivity index (χ1n) is 9.51. The summed E-state index contributed by atoms with van der Waals surface area (Å²) in [6.45, 7) is 0.514. The summed E-state index contributed by atoms with van der Waals surface area (Å²) >= 11 is 0. The van der Waals surface area contributed by atoms with Crippen LogP contribution in [0.3, 0.4) is 0 Å². The first kappa shape index (κ1) is 18.5. The first-order valence-corrected chi connectivity index (χ1v) is 9.51. The van der Waals surface area contributed by atoms with Gasteiger partial charge in [-0.05, 0) is 53.1 Å². The summed E-state index contributed by atoms with van der Waals surface area (Å²) in [6.07, 6.45) is 0. The van der Waals surface area contributed by atoms with Crippen LogP contribution in [0.25, 0.3) is 11.1 Å². The van der Waals surface area contributed by atoms with E-state index in [1.165, 1.54) is 0 Å². The molecule has 1 amide bonds. The molecule has 1 N–H and O–H groups in total. The SMILES string of the molecule is O=C(Nc1ccc(OCc2ccccc2)cc1)c1ccc(-c2ccccc2)cc1. The molecule has 0 radical (unpaired) electrons. The van der Waals surface area contributed by atoms with Crippen molar-refractivity contribution in [1.29, 1.82) is 0 Å². The van der Waals surface area contributed by atoms with E-state index in [1.807, 2.05) is 97.1 Å². The van der Waals surface area contributed by atoms with Gasteiger partial charge in [0.25, 0.3) is 5.91 Å². The van der Waals surface area contributed by atoms with E-state index in [-0.39, 0.29) is 5.91 Å². The predicted octanol–water partition coefficient (Wildman–Crippen LogP) is 6.18. The number of hydrogen-bond acceptors (Lipinski definition) is 2. The highest BCUT2D eigenvalue weighted by molar-refractivity contribution is 6.04. The average molecular weight is 379 g/mol. The molecule has 4 aromatic rings. The van der Waals surface area contributed by atoms with Crippen LogP contribution in [0.1, 0.15) is 15.9 Å². The largest absolute Gasteiger partial charge is 0.489 e. The lowest BCUT2D eigenvalue weighted by molar-refractivity contribution is 0.102. The van der Waals surface area contributed by atoms with Gasteiger partial charge in [0.2, 0.25) is 0 Å². The highest BCUT2D eigenvalue weighted by Crippen LogP contribution is 2.21. The van der Waals surface area contributed by atoms with E-state index in [0.717, 1.165) is 28.1 Å². The van der Waals surface area contributed by atoms with Crippen LogP contribution in [-0.4, -0.2) is 5.91 Å². The van der Waals surface area contributed by atoms with Gasteiger partial charge in [0.05, 0.1) is 0 Å². The van der Waals surface area contributed by atoms with Crippen LogP contribution < -0.4 is 10.1 Å². The summed E-state index contributed by atoms with van der Waals surface area (Å²) in [5.41, 5.74) is 4.68. The Hall–Kier alpha value is -3.85. The zero-order chi connectivity index (χ0) is 19.9. The van der Waals surface area contributed by atoms with Crippen LogP contribution in [-0.2, 0) is 6.61 Å². The molecule has 3 nitrogen and oxygen atoms in total. The van der Waals surface area contributed by atoms with Gasteiger partial charge in [0.15, 0.2) is 0 Å². The van der Waals surface area contributed by atoms with Crippen molar-refractivity contribution in [3.8, 4) is 16.9 Å². The summed E-state index contributed by atoms with van der Waals surface area (Å²) < 4.78 is 5.78. The third-order valence-electron chi connectivity index (χ3n) is 4.61. The maximum Gasteiger partial charge on any atom is 0.255 e. The second-order valence-corrected chi connectivity index (χ2v) is 6.70. The van der Waals surface area contributed by atoms with Gasteiger partial charge in [0.1, 0.15) is 12.4 Å². The van der Waals surface area contributed by atoms with Crippen molar-refractivity contribution in [1.82, 2.24) is 0 Å². The number of rotatable bonds is 6. The molecule has 0 saturated carbocycles. The molecule has 0 aliphatic heterocycles. The van der Waals surface area contributed by atoms with E-state index in [2.05, 4.69) is 17.4 Å². The number of amides is 1. The molecular weight excluding hydrogens is 358 g/mol. The van der Waals surface area contributed by atoms with E-state index < -0.39 is 0 Å². The van der Waals surface area contributed by atoms with Crippen molar-refractivity contribution in [2.75, 3.05) is 5.32 Å². The van der Waals surface area contributed by atoms with Crippen molar-refractivity contribution < 1.29 is 9.53 Å². The van der Waals surface area contributed by atoms with Gasteiger partial charge in [-0.1, -0.05) is 72.8 Å². The van der Waals surface area contributed by atoms with E-state index >= 15 is 0 Å². The van der Waals surface area contributed by atoms with Crippen LogP contribution in [0.5, 0.6) is 5.75 Å². The topological polar surface area (TPSA) is 38.3 Å². The molecule has 0 aliphatic rings. The minimum atomic E-state index is -0.137. The fraction of sp³-hybridized carbons (Fsp3) is 0.0385. The molecule has 142 valence electrons. The second kappa shape index (κ2) is 8.89. The molecule has 0 spiro atoms. The molecule has 3 heteroatoms. The minimum Gasteiger partial charge on any atom is -0.489 e. The molecule has 0 atom stereocenters. The standard InChI is InChI=1S/C26H21NO2/c28-26(23-13-11-22(12-14-23)21-9-5-2-6-10-21)27-24-15-17-25(18-16-24)29-19-20-7-3-1-4-8-20/h1-18H,19H2,(H,27,28). The third-order valence-corrected chi connectivity index (χ3v) is 4.61. The Kier molecular flexibility index (Phi) is 5.68. The summed E-state index contributed by atoms with van der Waals surface area (Å²) in [6, 6.07) is 35.1. The Morgan fingerprint density at radius 1 is 0.655 bits per heavy atom. The molecule has 4 rings (SSSR count). The van der Waals surface area contributed by atoms with Gasteiger partial charge in [-0.15, -0.1) is 0 Å². The molecule has 0 bridgehead atoms. The highest BCUT2D eigenvalue weighted by Gasteiger charge is 2.07. The van der Waals surface area contributed by atoms with Crippen LogP contribution in [0.2, 0.25) is 0 Å².